The Balaban J connectivity index is 0. The van der Waals surface area contributed by atoms with Crippen LogP contribution in [0.25, 0.3) is 0 Å². The molecule has 0 saturated carbocycles. The van der Waals surface area contributed by atoms with Crippen molar-refractivity contribution in [3.63, 3.8) is 0 Å². The molecule has 0 aliphatic heterocycles. The van der Waals surface area contributed by atoms with Crippen LogP contribution in [0.3, 0.4) is 0 Å². The second-order valence-electron chi connectivity index (χ2n) is 7.05. The molecule has 1 unspecified atom stereocenters. The topological polar surface area (TPSA) is 74.6 Å². The van der Waals surface area contributed by atoms with E-state index in [1.165, 1.54) is 84.0 Å². The van der Waals surface area contributed by atoms with E-state index in [1.54, 1.807) is 0 Å². The van der Waals surface area contributed by atoms with Gasteiger partial charge in [-0.05, 0) is 6.92 Å². The number of carboxylic acid groups (broad SMARTS) is 1. The van der Waals surface area contributed by atoms with Gasteiger partial charge in [0.2, 0.25) is 0 Å². The van der Waals surface area contributed by atoms with Crippen molar-refractivity contribution in [3.8, 4) is 0 Å². The molecular weight excluding hydrogens is 355 g/mol. The predicted molar refractivity (Wildman–Crippen MR) is 110 cm³/mol. The zero-order chi connectivity index (χ0) is 20.0. The van der Waals surface area contributed by atoms with E-state index in [2.05, 4.69) is 19.1 Å². The van der Waals surface area contributed by atoms with Gasteiger partial charge < -0.3 is 10.2 Å². The van der Waals surface area contributed by atoms with Crippen molar-refractivity contribution < 1.29 is 19.8 Å². The van der Waals surface area contributed by atoms with Gasteiger partial charge in [0.15, 0.2) is 0 Å². The number of allylic oxidation sites excluding steroid dienone is 2. The summed E-state index contributed by atoms with van der Waals surface area (Å²) in [5.74, 6) is -1.19. The van der Waals surface area contributed by atoms with Gasteiger partial charge >= 0.3 is 130 Å². The van der Waals surface area contributed by atoms with Crippen LogP contribution in [-0.4, -0.2) is 71.1 Å². The molecule has 0 aliphatic rings. The molecule has 0 aromatic carbocycles. The molecule has 0 saturated heterocycles. The van der Waals surface area contributed by atoms with Crippen LogP contribution in [-0.2, 0) is 9.59 Å². The Hall–Kier alpha value is 0.476. The van der Waals surface area contributed by atoms with Crippen LogP contribution in [0.4, 0.5) is 0 Å². The van der Waals surface area contributed by atoms with Gasteiger partial charge in [-0.3, -0.25) is 0 Å². The number of unbranched alkanes of at least 4 members (excludes halogenated alkanes) is 11. The molecule has 0 aromatic heterocycles. The molecule has 0 aromatic rings. The number of aliphatic hydroxyl groups excluding tert-OH is 1. The van der Waals surface area contributed by atoms with E-state index in [0.29, 0.717) is 48.8 Å². The maximum absolute atomic E-state index is 10.9. The Morgan fingerprint density at radius 2 is 1.23 bits per heavy atom. The molecule has 26 heavy (non-hydrogen) atoms. The van der Waals surface area contributed by atoms with Crippen molar-refractivity contribution in [2.75, 3.05) is 0 Å². The third-order valence-corrected chi connectivity index (χ3v) is 4.93. The molecule has 148 valence electrons. The zero-order valence-electron chi connectivity index (χ0n) is 17.3. The molecule has 0 rings (SSSR count). The summed E-state index contributed by atoms with van der Waals surface area (Å²) in [6.45, 7) is 3.47. The first kappa shape index (κ1) is 28.7. The van der Waals surface area contributed by atoms with E-state index in [-0.39, 0.29) is 0 Å². The van der Waals surface area contributed by atoms with Crippen LogP contribution in [0.1, 0.15) is 104 Å². The van der Waals surface area contributed by atoms with Crippen molar-refractivity contribution in [2.24, 2.45) is 0 Å². The zero-order valence-corrected chi connectivity index (χ0v) is 20.5. The van der Waals surface area contributed by atoms with Crippen molar-refractivity contribution in [2.45, 2.75) is 110 Å². The van der Waals surface area contributed by atoms with Crippen LogP contribution in [0.15, 0.2) is 12.2 Å². The van der Waals surface area contributed by atoms with Gasteiger partial charge in [-0.15, -0.1) is 0 Å². The Morgan fingerprint density at radius 1 is 0.846 bits per heavy atom. The van der Waals surface area contributed by atoms with Gasteiger partial charge in [-0.2, -0.15) is 0 Å². The molecule has 0 fully saturated rings. The van der Waals surface area contributed by atoms with Gasteiger partial charge in [0.05, 0.1) is 0 Å². The number of carboxylic acids is 1. The molecule has 0 aliphatic carbocycles. The van der Waals surface area contributed by atoms with Gasteiger partial charge in [-0.1, -0.05) is 39.0 Å². The van der Waals surface area contributed by atoms with Crippen molar-refractivity contribution in [1.82, 2.24) is 0 Å². The van der Waals surface area contributed by atoms with Crippen molar-refractivity contribution in [1.29, 1.82) is 0 Å². The summed E-state index contributed by atoms with van der Waals surface area (Å²) in [4.78, 5) is 20.3. The minimum atomic E-state index is -1.23. The third kappa shape index (κ3) is 29.2. The van der Waals surface area contributed by atoms with Crippen LogP contribution < -0.4 is 0 Å². The first-order chi connectivity index (χ1) is 12.4. The molecule has 0 radical (unpaired) electrons. The van der Waals surface area contributed by atoms with E-state index in [1.807, 2.05) is 0 Å². The number of rotatable bonds is 16. The van der Waals surface area contributed by atoms with Gasteiger partial charge in [0.25, 0.3) is 0 Å². The number of carbonyl (C=O) groups is 2. The number of hydrogen-bond acceptors (Lipinski definition) is 3. The molecular formula is C21H39KO4. The molecule has 0 bridgehead atoms. The van der Waals surface area contributed by atoms with Gasteiger partial charge in [0.1, 0.15) is 6.10 Å². The van der Waals surface area contributed by atoms with E-state index in [4.69, 9.17) is 10.2 Å². The molecule has 0 amide bonds. The van der Waals surface area contributed by atoms with Gasteiger partial charge in [-0.25, -0.2) is 4.79 Å². The molecule has 4 nitrogen and oxygen atoms in total. The fourth-order valence-corrected chi connectivity index (χ4v) is 3.00. The monoisotopic (exact) mass is 394 g/mol. The Labute approximate surface area is 194 Å². The Kier molecular flexibility index (Phi) is 25.9. The fourth-order valence-electron chi connectivity index (χ4n) is 2.44. The summed E-state index contributed by atoms with van der Waals surface area (Å²) in [5.41, 5.74) is 0. The number of hydrogen-bond donors (Lipinski definition) is 2. The summed E-state index contributed by atoms with van der Waals surface area (Å²) in [7, 11) is 0. The van der Waals surface area contributed by atoms with Crippen LogP contribution >= 0.6 is 0 Å². The summed E-state index contributed by atoms with van der Waals surface area (Å²) >= 11 is 0.411. The number of aliphatic carboxylic acids is 1. The van der Waals surface area contributed by atoms with E-state index < -0.39 is 12.1 Å². The third-order valence-electron chi connectivity index (χ3n) is 4.15. The van der Waals surface area contributed by atoms with Crippen LogP contribution in [0.5, 0.6) is 0 Å². The number of aliphatic hydroxyl groups is 1. The molecule has 2 N–H and O–H groups in total. The number of carbonyl (C=O) groups excluding carboxylic acids is 1. The first-order valence-electron chi connectivity index (χ1n) is 10.5. The average Bonchev–Trinajstić information content (AvgIpc) is 2.58. The standard InChI is InChI=1S/C18H33O.C3H6O3.K/c1-2-3-4-5-6-7-8-9-10-11-12-13-14-15-16-17-18-19;1-2(4)3(5)6;/h9-10H,2-8,11-17H2,1H3;2,4H,1H3,(H,5,6);/b10-9-;;. The first-order valence-corrected chi connectivity index (χ1v) is 12.0. The van der Waals surface area contributed by atoms with E-state index in [9.17, 15) is 9.59 Å². The van der Waals surface area contributed by atoms with Crippen LogP contribution in [0.2, 0.25) is 0 Å². The minimum absolute atomic E-state index is 0.411. The molecule has 0 heterocycles. The normalized spacial score (nSPS) is 11.9. The molecule has 5 heteroatoms. The fraction of sp³-hybridized carbons (Fsp3) is 0.810. The van der Waals surface area contributed by atoms with Crippen LogP contribution in [0, 0.1) is 0 Å². The summed E-state index contributed by atoms with van der Waals surface area (Å²) in [6.07, 6.45) is 21.6. The summed E-state index contributed by atoms with van der Waals surface area (Å²) in [6, 6.07) is 0. The van der Waals surface area contributed by atoms with E-state index >= 15 is 0 Å². The van der Waals surface area contributed by atoms with E-state index in [0.717, 1.165) is 12.8 Å². The Bertz CT molecular complexity index is 354. The quantitative estimate of drug-likeness (QED) is 0.215. The predicted octanol–water partition coefficient (Wildman–Crippen LogP) is 5.17. The molecule has 1 atom stereocenters. The van der Waals surface area contributed by atoms with Crippen molar-refractivity contribution >= 4 is 54.8 Å². The SMILES string of the molecule is CC(O)C(=O)O.CCCCCCCC/C=C\CCCCCCC[C](=O)[K]. The average molecular weight is 395 g/mol. The second-order valence-corrected chi connectivity index (χ2v) is 8.79. The Morgan fingerprint density at radius 3 is 1.62 bits per heavy atom. The summed E-state index contributed by atoms with van der Waals surface area (Å²) < 4.78 is 0.523. The van der Waals surface area contributed by atoms with Crippen molar-refractivity contribution in [3.05, 3.63) is 12.2 Å². The molecule has 0 spiro atoms. The maximum atomic E-state index is 10.9. The van der Waals surface area contributed by atoms with Gasteiger partial charge in [0, 0.05) is 0 Å². The second kappa shape index (κ2) is 23.5. The summed E-state index contributed by atoms with van der Waals surface area (Å²) in [5, 5.41) is 15.8.